The van der Waals surface area contributed by atoms with Crippen molar-refractivity contribution in [2.75, 3.05) is 11.9 Å². The summed E-state index contributed by atoms with van der Waals surface area (Å²) in [5, 5.41) is 11.7. The Kier molecular flexibility index (Phi) is 5.01. The van der Waals surface area contributed by atoms with Gasteiger partial charge in [0.05, 0.1) is 0 Å². The van der Waals surface area contributed by atoms with E-state index in [4.69, 9.17) is 10.9 Å². The van der Waals surface area contributed by atoms with E-state index < -0.39 is 0 Å². The minimum absolute atomic E-state index is 0.156. The van der Waals surface area contributed by atoms with E-state index in [1.807, 2.05) is 19.1 Å². The maximum Gasteiger partial charge on any atom is 0.170 e. The molecule has 0 saturated carbocycles. The fraction of sp³-hybridized carbons (Fsp3) is 0.500. The Labute approximate surface area is 109 Å². The minimum Gasteiger partial charge on any atom is -0.409 e. The molecule has 1 rings (SSSR count). The van der Waals surface area contributed by atoms with Crippen LogP contribution in [0.25, 0.3) is 0 Å². The number of nitrogens with two attached hydrogens (primary N) is 1. The van der Waals surface area contributed by atoms with Gasteiger partial charge in [0.2, 0.25) is 0 Å². The summed E-state index contributed by atoms with van der Waals surface area (Å²) in [6.07, 6.45) is 2.34. The summed E-state index contributed by atoms with van der Waals surface area (Å²) in [6, 6.07) is 6.48. The summed E-state index contributed by atoms with van der Waals surface area (Å²) in [5.41, 5.74) is 8.56. The van der Waals surface area contributed by atoms with Gasteiger partial charge in [0, 0.05) is 24.3 Å². The van der Waals surface area contributed by atoms with E-state index in [1.165, 1.54) is 6.42 Å². The molecule has 0 aromatic heterocycles. The Hall–Kier alpha value is -1.71. The van der Waals surface area contributed by atoms with Crippen LogP contribution in [0.2, 0.25) is 0 Å². The van der Waals surface area contributed by atoms with Crippen molar-refractivity contribution in [1.29, 1.82) is 0 Å². The molecule has 0 aliphatic heterocycles. The normalized spacial score (nSPS) is 13.4. The SMILES string of the molecule is CCCC(C)N(C)c1ccc(/C(N)=N/O)c(C)c1. The third-order valence-corrected chi connectivity index (χ3v) is 3.37. The van der Waals surface area contributed by atoms with Gasteiger partial charge in [0.1, 0.15) is 0 Å². The van der Waals surface area contributed by atoms with Crippen LogP contribution in [0, 0.1) is 6.92 Å². The molecule has 0 aliphatic rings. The Morgan fingerprint density at radius 3 is 2.67 bits per heavy atom. The number of oxime groups is 1. The molecule has 3 N–H and O–H groups in total. The second kappa shape index (κ2) is 6.28. The van der Waals surface area contributed by atoms with Crippen molar-refractivity contribution < 1.29 is 5.21 Å². The molecule has 18 heavy (non-hydrogen) atoms. The molecule has 1 atom stereocenters. The average Bonchev–Trinajstić information content (AvgIpc) is 2.37. The molecule has 0 radical (unpaired) electrons. The first-order valence-electron chi connectivity index (χ1n) is 6.32. The number of nitrogens with zero attached hydrogens (tertiary/aromatic N) is 2. The summed E-state index contributed by atoms with van der Waals surface area (Å²) in [6.45, 7) is 6.38. The van der Waals surface area contributed by atoms with Crippen molar-refractivity contribution in [2.45, 2.75) is 39.7 Å². The highest BCUT2D eigenvalue weighted by Gasteiger charge is 2.11. The van der Waals surface area contributed by atoms with Crippen LogP contribution >= 0.6 is 0 Å². The fourth-order valence-corrected chi connectivity index (χ4v) is 2.07. The highest BCUT2D eigenvalue weighted by atomic mass is 16.4. The molecule has 1 unspecified atom stereocenters. The molecule has 0 heterocycles. The van der Waals surface area contributed by atoms with Crippen LogP contribution in [0.5, 0.6) is 0 Å². The van der Waals surface area contributed by atoms with Gasteiger partial charge < -0.3 is 15.8 Å². The van der Waals surface area contributed by atoms with E-state index in [0.717, 1.165) is 23.2 Å². The largest absolute Gasteiger partial charge is 0.409 e. The van der Waals surface area contributed by atoms with Gasteiger partial charge in [0.25, 0.3) is 0 Å². The highest BCUT2D eigenvalue weighted by molar-refractivity contribution is 5.98. The molecule has 0 spiro atoms. The van der Waals surface area contributed by atoms with Gasteiger partial charge in [-0.25, -0.2) is 0 Å². The highest BCUT2D eigenvalue weighted by Crippen LogP contribution is 2.21. The second-order valence-corrected chi connectivity index (χ2v) is 4.73. The van der Waals surface area contributed by atoms with E-state index >= 15 is 0 Å². The molecule has 100 valence electrons. The van der Waals surface area contributed by atoms with Crippen molar-refractivity contribution >= 4 is 11.5 Å². The van der Waals surface area contributed by atoms with E-state index in [0.29, 0.717) is 6.04 Å². The van der Waals surface area contributed by atoms with Crippen LogP contribution in [-0.2, 0) is 0 Å². The predicted octanol–water partition coefficient (Wildman–Crippen LogP) is 2.71. The zero-order valence-corrected chi connectivity index (χ0v) is 11.6. The van der Waals surface area contributed by atoms with Crippen molar-refractivity contribution in [3.05, 3.63) is 29.3 Å². The number of benzene rings is 1. The van der Waals surface area contributed by atoms with Gasteiger partial charge in [-0.15, -0.1) is 0 Å². The fourth-order valence-electron chi connectivity index (χ4n) is 2.07. The van der Waals surface area contributed by atoms with Crippen LogP contribution < -0.4 is 10.6 Å². The molecule has 1 aromatic rings. The molecule has 0 fully saturated rings. The first-order chi connectivity index (χ1) is 8.51. The Balaban J connectivity index is 2.97. The van der Waals surface area contributed by atoms with Gasteiger partial charge in [-0.2, -0.15) is 0 Å². The zero-order valence-electron chi connectivity index (χ0n) is 11.6. The zero-order chi connectivity index (χ0) is 13.7. The van der Waals surface area contributed by atoms with Crippen LogP contribution in [-0.4, -0.2) is 24.1 Å². The Bertz CT molecular complexity index is 429. The standard InChI is InChI=1S/C14H23N3O/c1-5-6-11(3)17(4)12-7-8-13(10(2)9-12)14(15)16-18/h7-9,11,18H,5-6H2,1-4H3,(H2,15,16). The van der Waals surface area contributed by atoms with E-state index in [2.05, 4.69) is 37.0 Å². The van der Waals surface area contributed by atoms with Crippen LogP contribution in [0.3, 0.4) is 0 Å². The first kappa shape index (κ1) is 14.4. The Morgan fingerprint density at radius 1 is 1.50 bits per heavy atom. The molecule has 0 aliphatic carbocycles. The lowest BCUT2D eigenvalue weighted by atomic mass is 10.1. The lowest BCUT2D eigenvalue weighted by Crippen LogP contribution is -2.28. The molecule has 0 amide bonds. The number of aryl methyl sites for hydroxylation is 1. The quantitative estimate of drug-likeness (QED) is 0.365. The number of anilines is 1. The molecular formula is C14H23N3O. The lowest BCUT2D eigenvalue weighted by molar-refractivity contribution is 0.318. The number of hydrogen-bond acceptors (Lipinski definition) is 3. The summed E-state index contributed by atoms with van der Waals surface area (Å²) in [7, 11) is 2.10. The topological polar surface area (TPSA) is 61.8 Å². The van der Waals surface area contributed by atoms with E-state index in [9.17, 15) is 0 Å². The van der Waals surface area contributed by atoms with Gasteiger partial charge in [-0.1, -0.05) is 18.5 Å². The number of hydrogen-bond donors (Lipinski definition) is 2. The van der Waals surface area contributed by atoms with Gasteiger partial charge in [-0.3, -0.25) is 0 Å². The molecule has 0 saturated heterocycles. The molecule has 4 nitrogen and oxygen atoms in total. The molecule has 4 heteroatoms. The van der Waals surface area contributed by atoms with Gasteiger partial charge >= 0.3 is 0 Å². The number of amidine groups is 1. The van der Waals surface area contributed by atoms with Crippen LogP contribution in [0.1, 0.15) is 37.8 Å². The van der Waals surface area contributed by atoms with Gasteiger partial charge in [-0.05, 0) is 44.0 Å². The van der Waals surface area contributed by atoms with Crippen molar-refractivity contribution in [1.82, 2.24) is 0 Å². The van der Waals surface area contributed by atoms with E-state index in [-0.39, 0.29) is 5.84 Å². The number of rotatable bonds is 5. The third kappa shape index (κ3) is 3.15. The smallest absolute Gasteiger partial charge is 0.170 e. The Morgan fingerprint density at radius 2 is 2.17 bits per heavy atom. The first-order valence-corrected chi connectivity index (χ1v) is 6.32. The van der Waals surface area contributed by atoms with Crippen LogP contribution in [0.4, 0.5) is 5.69 Å². The maximum absolute atomic E-state index is 8.70. The predicted molar refractivity (Wildman–Crippen MR) is 76.5 cm³/mol. The monoisotopic (exact) mass is 249 g/mol. The minimum atomic E-state index is 0.156. The summed E-state index contributed by atoms with van der Waals surface area (Å²) in [4.78, 5) is 2.26. The molecule has 0 bridgehead atoms. The third-order valence-electron chi connectivity index (χ3n) is 3.37. The lowest BCUT2D eigenvalue weighted by Gasteiger charge is -2.27. The molecule has 1 aromatic carbocycles. The van der Waals surface area contributed by atoms with Crippen LogP contribution in [0.15, 0.2) is 23.4 Å². The van der Waals surface area contributed by atoms with Crippen molar-refractivity contribution in [3.63, 3.8) is 0 Å². The molecular weight excluding hydrogens is 226 g/mol. The van der Waals surface area contributed by atoms with Crippen molar-refractivity contribution in [3.8, 4) is 0 Å². The maximum atomic E-state index is 8.70. The van der Waals surface area contributed by atoms with Gasteiger partial charge in [0.15, 0.2) is 5.84 Å². The summed E-state index contributed by atoms with van der Waals surface area (Å²) in [5.74, 6) is 0.156. The summed E-state index contributed by atoms with van der Waals surface area (Å²) >= 11 is 0. The summed E-state index contributed by atoms with van der Waals surface area (Å²) < 4.78 is 0. The van der Waals surface area contributed by atoms with E-state index in [1.54, 1.807) is 0 Å². The second-order valence-electron chi connectivity index (χ2n) is 4.73. The average molecular weight is 249 g/mol. The van der Waals surface area contributed by atoms with Crippen molar-refractivity contribution in [2.24, 2.45) is 10.9 Å².